The zero-order valence-electron chi connectivity index (χ0n) is 18.5. The van der Waals surface area contributed by atoms with Crippen molar-refractivity contribution in [3.8, 4) is 0 Å². The third-order valence-corrected chi connectivity index (χ3v) is 7.33. The monoisotopic (exact) mass is 402 g/mol. The number of rotatable bonds is 2. The van der Waals surface area contributed by atoms with E-state index in [1.54, 1.807) is 0 Å². The smallest absolute Gasteiger partial charge is 0.0994 e. The van der Waals surface area contributed by atoms with Gasteiger partial charge in [-0.2, -0.15) is 0 Å². The van der Waals surface area contributed by atoms with Crippen LogP contribution in [-0.4, -0.2) is 9.13 Å². The molecule has 2 heteroatoms. The van der Waals surface area contributed by atoms with Crippen molar-refractivity contribution in [2.75, 3.05) is 0 Å². The van der Waals surface area contributed by atoms with E-state index in [0.717, 1.165) is 6.67 Å². The summed E-state index contributed by atoms with van der Waals surface area (Å²) in [5.74, 6) is 0. The Balaban J connectivity index is 1.71. The summed E-state index contributed by atoms with van der Waals surface area (Å²) in [5, 5.41) is 7.95. The van der Waals surface area contributed by atoms with Gasteiger partial charge in [-0.3, -0.25) is 0 Å². The molecule has 152 valence electrons. The number of benzene rings is 4. The van der Waals surface area contributed by atoms with E-state index in [1.165, 1.54) is 65.9 Å². The van der Waals surface area contributed by atoms with E-state index in [1.807, 2.05) is 0 Å². The van der Waals surface area contributed by atoms with Crippen molar-refractivity contribution in [3.63, 3.8) is 0 Å². The summed E-state index contributed by atoms with van der Waals surface area (Å²) in [6.07, 6.45) is 0. The lowest BCUT2D eigenvalue weighted by Crippen LogP contribution is -2.11. The highest BCUT2D eigenvalue weighted by Crippen LogP contribution is 2.35. The molecule has 0 radical (unpaired) electrons. The molecular weight excluding hydrogens is 376 g/mol. The van der Waals surface area contributed by atoms with E-state index < -0.39 is 0 Å². The van der Waals surface area contributed by atoms with Gasteiger partial charge in [0.25, 0.3) is 0 Å². The Bertz CT molecular complexity index is 1520. The first-order valence-electron chi connectivity index (χ1n) is 11.0. The van der Waals surface area contributed by atoms with Crippen molar-refractivity contribution in [2.45, 2.75) is 34.4 Å². The number of hydrogen-bond donors (Lipinski definition) is 0. The van der Waals surface area contributed by atoms with Crippen LogP contribution in [0.3, 0.4) is 0 Å². The van der Waals surface area contributed by atoms with Crippen LogP contribution in [0.5, 0.6) is 0 Å². The van der Waals surface area contributed by atoms with Gasteiger partial charge in [-0.15, -0.1) is 0 Å². The minimum atomic E-state index is 0.814. The number of nitrogens with zero attached hydrogens (tertiary/aromatic N) is 2. The molecule has 0 spiro atoms. The maximum absolute atomic E-state index is 2.51. The van der Waals surface area contributed by atoms with E-state index in [9.17, 15) is 0 Å². The minimum absolute atomic E-state index is 0.814. The molecule has 0 unspecified atom stereocenters. The summed E-state index contributed by atoms with van der Waals surface area (Å²) in [5.41, 5.74) is 8.10. The van der Waals surface area contributed by atoms with Crippen LogP contribution < -0.4 is 0 Å². The fourth-order valence-corrected chi connectivity index (χ4v) is 5.32. The van der Waals surface area contributed by atoms with Gasteiger partial charge < -0.3 is 9.13 Å². The lowest BCUT2D eigenvalue weighted by atomic mass is 10.1. The van der Waals surface area contributed by atoms with Gasteiger partial charge in [0.05, 0.1) is 17.7 Å². The highest BCUT2D eigenvalue weighted by molar-refractivity contribution is 6.09. The Kier molecular flexibility index (Phi) is 3.82. The second-order valence-corrected chi connectivity index (χ2v) is 8.78. The average Bonchev–Trinajstić information content (AvgIpc) is 3.20. The summed E-state index contributed by atoms with van der Waals surface area (Å²) in [6.45, 7) is 9.84. The summed E-state index contributed by atoms with van der Waals surface area (Å²) in [4.78, 5) is 0. The predicted octanol–water partition coefficient (Wildman–Crippen LogP) is 7.64. The van der Waals surface area contributed by atoms with E-state index >= 15 is 0 Å². The van der Waals surface area contributed by atoms with E-state index in [0.29, 0.717) is 0 Å². The Morgan fingerprint density at radius 2 is 0.903 bits per heavy atom. The molecule has 0 atom stereocenters. The Morgan fingerprint density at radius 3 is 1.35 bits per heavy atom. The predicted molar refractivity (Wildman–Crippen MR) is 133 cm³/mol. The van der Waals surface area contributed by atoms with Gasteiger partial charge in [0.2, 0.25) is 0 Å². The minimum Gasteiger partial charge on any atom is -0.325 e. The largest absolute Gasteiger partial charge is 0.325 e. The van der Waals surface area contributed by atoms with Gasteiger partial charge in [-0.25, -0.2) is 0 Å². The second-order valence-electron chi connectivity index (χ2n) is 8.78. The standard InChI is InChI=1S/C29H26N2/c1-18-20(3)30(28-24(18)15-13-22-9-5-7-11-26(22)28)17-31-21(4)19(2)25-16-14-23-10-6-8-12-27(23)29(25)31/h5-16H,17H2,1-4H3. The first-order chi connectivity index (χ1) is 15.1. The fraction of sp³-hybridized carbons (Fsp3) is 0.172. The second kappa shape index (κ2) is 6.49. The van der Waals surface area contributed by atoms with Gasteiger partial charge in [-0.05, 0) is 49.6 Å². The fourth-order valence-electron chi connectivity index (χ4n) is 5.32. The molecule has 0 bridgehead atoms. The van der Waals surface area contributed by atoms with E-state index in [4.69, 9.17) is 0 Å². The molecule has 0 aliphatic rings. The van der Waals surface area contributed by atoms with Gasteiger partial charge in [0.1, 0.15) is 0 Å². The molecule has 0 saturated heterocycles. The van der Waals surface area contributed by atoms with Gasteiger partial charge >= 0.3 is 0 Å². The topological polar surface area (TPSA) is 9.86 Å². The summed E-state index contributed by atoms with van der Waals surface area (Å²) in [7, 11) is 0. The van der Waals surface area contributed by atoms with Crippen molar-refractivity contribution in [3.05, 3.63) is 95.3 Å². The van der Waals surface area contributed by atoms with Crippen LogP contribution in [0.2, 0.25) is 0 Å². The van der Waals surface area contributed by atoms with Gasteiger partial charge in [0.15, 0.2) is 0 Å². The number of fused-ring (bicyclic) bond motifs is 6. The SMILES string of the molecule is Cc1c(C)n(Cn2c(C)c(C)c3ccc4ccccc4c32)c2c1ccc1ccccc12. The Labute approximate surface area is 182 Å². The molecule has 0 fully saturated rings. The van der Waals surface area contributed by atoms with Crippen LogP contribution >= 0.6 is 0 Å². The molecular formula is C29H26N2. The molecule has 0 N–H and O–H groups in total. The summed E-state index contributed by atoms with van der Waals surface area (Å²) in [6, 6.07) is 26.6. The summed E-state index contributed by atoms with van der Waals surface area (Å²) < 4.78 is 5.03. The Hall–Kier alpha value is -3.52. The molecule has 0 aliphatic carbocycles. The maximum Gasteiger partial charge on any atom is 0.0994 e. The molecule has 2 aromatic heterocycles. The first kappa shape index (κ1) is 18.3. The maximum atomic E-state index is 2.51. The average molecular weight is 403 g/mol. The van der Waals surface area contributed by atoms with Crippen LogP contribution in [0.25, 0.3) is 43.4 Å². The first-order valence-corrected chi connectivity index (χ1v) is 11.0. The number of aryl methyl sites for hydroxylation is 2. The molecule has 6 aromatic rings. The third-order valence-electron chi connectivity index (χ3n) is 7.33. The molecule has 2 nitrogen and oxygen atoms in total. The van der Waals surface area contributed by atoms with Crippen molar-refractivity contribution in [1.29, 1.82) is 0 Å². The molecule has 4 aromatic carbocycles. The van der Waals surface area contributed by atoms with Crippen molar-refractivity contribution >= 4 is 43.4 Å². The van der Waals surface area contributed by atoms with Crippen LogP contribution in [0.1, 0.15) is 22.5 Å². The van der Waals surface area contributed by atoms with Crippen molar-refractivity contribution in [1.82, 2.24) is 9.13 Å². The van der Waals surface area contributed by atoms with Crippen LogP contribution in [-0.2, 0) is 6.67 Å². The number of hydrogen-bond acceptors (Lipinski definition) is 0. The lowest BCUT2D eigenvalue weighted by Gasteiger charge is -2.16. The van der Waals surface area contributed by atoms with E-state index in [-0.39, 0.29) is 0 Å². The Morgan fingerprint density at radius 1 is 0.484 bits per heavy atom. The normalized spacial score (nSPS) is 12.0. The van der Waals surface area contributed by atoms with Gasteiger partial charge in [-0.1, -0.05) is 72.8 Å². The van der Waals surface area contributed by atoms with Crippen LogP contribution in [0, 0.1) is 27.7 Å². The zero-order chi connectivity index (χ0) is 21.3. The quantitative estimate of drug-likeness (QED) is 0.282. The summed E-state index contributed by atoms with van der Waals surface area (Å²) >= 11 is 0. The molecule has 0 saturated carbocycles. The number of aromatic nitrogens is 2. The molecule has 31 heavy (non-hydrogen) atoms. The van der Waals surface area contributed by atoms with Crippen LogP contribution in [0.15, 0.2) is 72.8 Å². The van der Waals surface area contributed by atoms with Gasteiger partial charge in [0, 0.05) is 32.9 Å². The third kappa shape index (κ3) is 2.45. The van der Waals surface area contributed by atoms with Crippen LogP contribution in [0.4, 0.5) is 0 Å². The molecule has 6 rings (SSSR count). The highest BCUT2D eigenvalue weighted by atomic mass is 15.2. The highest BCUT2D eigenvalue weighted by Gasteiger charge is 2.18. The lowest BCUT2D eigenvalue weighted by molar-refractivity contribution is 0.619. The van der Waals surface area contributed by atoms with Crippen molar-refractivity contribution in [2.24, 2.45) is 0 Å². The van der Waals surface area contributed by atoms with Crippen molar-refractivity contribution < 1.29 is 0 Å². The molecule has 0 aliphatic heterocycles. The van der Waals surface area contributed by atoms with E-state index in [2.05, 4.69) is 110 Å². The molecule has 2 heterocycles. The zero-order valence-corrected chi connectivity index (χ0v) is 18.5. The molecule has 0 amide bonds.